The number of nitrogens with zero attached hydrogens (tertiary/aromatic N) is 2. The lowest BCUT2D eigenvalue weighted by molar-refractivity contribution is -0.00617. The third kappa shape index (κ3) is 4.67. The molecule has 1 saturated heterocycles. The van der Waals surface area contributed by atoms with Crippen molar-refractivity contribution in [2.24, 2.45) is 5.92 Å². The van der Waals surface area contributed by atoms with Crippen molar-refractivity contribution in [2.45, 2.75) is 70.6 Å². The number of nitrogens with one attached hydrogen (secondary N) is 1. The molecule has 1 aliphatic heterocycles. The Bertz CT molecular complexity index is 362. The van der Waals surface area contributed by atoms with Gasteiger partial charge in [0.15, 0.2) is 0 Å². The fourth-order valence-electron chi connectivity index (χ4n) is 3.47. The SMILES string of the molecule is CCCOC1CCCN(CC(C#N)(NC(C)C)C2CC2)C1. The van der Waals surface area contributed by atoms with Gasteiger partial charge >= 0.3 is 0 Å². The molecule has 2 unspecified atom stereocenters. The third-order valence-corrected chi connectivity index (χ3v) is 4.51. The van der Waals surface area contributed by atoms with Crippen LogP contribution in [0.25, 0.3) is 0 Å². The van der Waals surface area contributed by atoms with Gasteiger partial charge in [-0.3, -0.25) is 10.2 Å². The van der Waals surface area contributed by atoms with Crippen LogP contribution in [-0.4, -0.2) is 48.8 Å². The van der Waals surface area contributed by atoms with E-state index in [0.717, 1.165) is 39.1 Å². The number of hydrogen-bond acceptors (Lipinski definition) is 4. The predicted octanol–water partition coefficient (Wildman–Crippen LogP) is 2.55. The summed E-state index contributed by atoms with van der Waals surface area (Å²) in [7, 11) is 0. The van der Waals surface area contributed by atoms with Gasteiger partial charge in [-0.1, -0.05) is 6.92 Å². The van der Waals surface area contributed by atoms with Gasteiger partial charge in [0.1, 0.15) is 5.54 Å². The minimum absolute atomic E-state index is 0.349. The molecule has 21 heavy (non-hydrogen) atoms. The lowest BCUT2D eigenvalue weighted by Gasteiger charge is -2.39. The van der Waals surface area contributed by atoms with Crippen LogP contribution in [0, 0.1) is 17.2 Å². The smallest absolute Gasteiger partial charge is 0.122 e. The average Bonchev–Trinajstić information content (AvgIpc) is 3.29. The maximum absolute atomic E-state index is 9.80. The van der Waals surface area contributed by atoms with E-state index in [-0.39, 0.29) is 5.54 Å². The molecule has 1 heterocycles. The molecular weight excluding hydrogens is 262 g/mol. The summed E-state index contributed by atoms with van der Waals surface area (Å²) in [5, 5.41) is 13.4. The minimum atomic E-state index is -0.360. The van der Waals surface area contributed by atoms with Gasteiger partial charge < -0.3 is 4.74 Å². The lowest BCUT2D eigenvalue weighted by atomic mass is 9.92. The number of piperidine rings is 1. The summed E-state index contributed by atoms with van der Waals surface area (Å²) in [6.07, 6.45) is 6.16. The molecule has 0 aromatic rings. The molecule has 0 spiro atoms. The topological polar surface area (TPSA) is 48.3 Å². The number of nitriles is 1. The molecule has 2 aliphatic rings. The summed E-state index contributed by atoms with van der Waals surface area (Å²) in [5.41, 5.74) is -0.360. The van der Waals surface area contributed by atoms with Crippen LogP contribution >= 0.6 is 0 Å². The van der Waals surface area contributed by atoms with E-state index in [0.29, 0.717) is 18.1 Å². The van der Waals surface area contributed by atoms with E-state index in [4.69, 9.17) is 4.74 Å². The van der Waals surface area contributed by atoms with Crippen LogP contribution in [0.4, 0.5) is 0 Å². The highest BCUT2D eigenvalue weighted by Crippen LogP contribution is 2.40. The summed E-state index contributed by atoms with van der Waals surface area (Å²) < 4.78 is 5.92. The van der Waals surface area contributed by atoms with Crippen molar-refractivity contribution < 1.29 is 4.74 Å². The molecule has 1 saturated carbocycles. The van der Waals surface area contributed by atoms with Crippen molar-refractivity contribution in [1.29, 1.82) is 5.26 Å². The molecule has 0 radical (unpaired) electrons. The first-order chi connectivity index (χ1) is 10.1. The number of hydrogen-bond donors (Lipinski definition) is 1. The first-order valence-electron chi connectivity index (χ1n) is 8.62. The zero-order valence-corrected chi connectivity index (χ0v) is 13.9. The van der Waals surface area contributed by atoms with Gasteiger partial charge in [0.2, 0.25) is 0 Å². The summed E-state index contributed by atoms with van der Waals surface area (Å²) in [4.78, 5) is 2.45. The van der Waals surface area contributed by atoms with Gasteiger partial charge in [0.05, 0.1) is 12.2 Å². The Balaban J connectivity index is 1.94. The van der Waals surface area contributed by atoms with Crippen LogP contribution in [0.15, 0.2) is 0 Å². The van der Waals surface area contributed by atoms with E-state index in [1.807, 2.05) is 0 Å². The maximum atomic E-state index is 9.80. The second-order valence-corrected chi connectivity index (χ2v) is 7.03. The van der Waals surface area contributed by atoms with E-state index < -0.39 is 0 Å². The summed E-state index contributed by atoms with van der Waals surface area (Å²) in [5.74, 6) is 0.529. The quantitative estimate of drug-likeness (QED) is 0.747. The Hall–Kier alpha value is -0.630. The average molecular weight is 293 g/mol. The van der Waals surface area contributed by atoms with Gasteiger partial charge in [0, 0.05) is 25.7 Å². The largest absolute Gasteiger partial charge is 0.377 e. The number of ether oxygens (including phenoxy) is 1. The molecule has 120 valence electrons. The van der Waals surface area contributed by atoms with Crippen LogP contribution in [-0.2, 0) is 4.74 Å². The summed E-state index contributed by atoms with van der Waals surface area (Å²) in [6, 6.07) is 2.97. The highest BCUT2D eigenvalue weighted by molar-refractivity contribution is 5.17. The van der Waals surface area contributed by atoms with Gasteiger partial charge in [-0.2, -0.15) is 5.26 Å². The second kappa shape index (κ2) is 7.58. The first-order valence-corrected chi connectivity index (χ1v) is 8.62. The molecule has 2 rings (SSSR count). The monoisotopic (exact) mass is 293 g/mol. The van der Waals surface area contributed by atoms with Crippen molar-refractivity contribution in [3.05, 3.63) is 0 Å². The van der Waals surface area contributed by atoms with E-state index >= 15 is 0 Å². The van der Waals surface area contributed by atoms with Crippen LogP contribution < -0.4 is 5.32 Å². The molecule has 4 heteroatoms. The van der Waals surface area contributed by atoms with E-state index in [1.54, 1.807) is 0 Å². The van der Waals surface area contributed by atoms with Crippen LogP contribution in [0.3, 0.4) is 0 Å². The Labute approximate surface area is 129 Å². The molecule has 2 atom stereocenters. The highest BCUT2D eigenvalue weighted by atomic mass is 16.5. The van der Waals surface area contributed by atoms with Crippen molar-refractivity contribution in [3.63, 3.8) is 0 Å². The molecule has 0 bridgehead atoms. The molecule has 0 amide bonds. The van der Waals surface area contributed by atoms with Crippen molar-refractivity contribution in [2.75, 3.05) is 26.2 Å². The molecular formula is C17H31N3O. The van der Waals surface area contributed by atoms with Crippen molar-refractivity contribution >= 4 is 0 Å². The van der Waals surface area contributed by atoms with Gasteiger partial charge in [0.25, 0.3) is 0 Å². The normalized spacial score (nSPS) is 26.5. The zero-order chi connectivity index (χ0) is 15.3. The fraction of sp³-hybridized carbons (Fsp3) is 0.941. The molecule has 1 aliphatic carbocycles. The summed E-state index contributed by atoms with van der Waals surface area (Å²) >= 11 is 0. The summed E-state index contributed by atoms with van der Waals surface area (Å²) in [6.45, 7) is 10.2. The standard InChI is InChI=1S/C17H31N3O/c1-4-10-21-16-6-5-9-20(11-16)13-17(12-18,15-7-8-15)19-14(2)3/h14-16,19H,4-11,13H2,1-3H3. The van der Waals surface area contributed by atoms with E-state index in [2.05, 4.69) is 37.1 Å². The molecule has 4 nitrogen and oxygen atoms in total. The Kier molecular flexibility index (Phi) is 6.04. The third-order valence-electron chi connectivity index (χ3n) is 4.51. The van der Waals surface area contributed by atoms with Gasteiger partial charge in [-0.25, -0.2) is 0 Å². The molecule has 2 fully saturated rings. The second-order valence-electron chi connectivity index (χ2n) is 7.03. The number of likely N-dealkylation sites (tertiary alicyclic amines) is 1. The Morgan fingerprint density at radius 2 is 2.14 bits per heavy atom. The zero-order valence-electron chi connectivity index (χ0n) is 13.9. The Morgan fingerprint density at radius 1 is 1.38 bits per heavy atom. The lowest BCUT2D eigenvalue weighted by Crippen LogP contribution is -2.58. The molecule has 1 N–H and O–H groups in total. The first kappa shape index (κ1) is 16.7. The van der Waals surface area contributed by atoms with Crippen LogP contribution in [0.2, 0.25) is 0 Å². The molecule has 0 aromatic heterocycles. The number of rotatable bonds is 8. The van der Waals surface area contributed by atoms with Gasteiger partial charge in [-0.15, -0.1) is 0 Å². The van der Waals surface area contributed by atoms with Crippen LogP contribution in [0.1, 0.15) is 52.9 Å². The minimum Gasteiger partial charge on any atom is -0.377 e. The van der Waals surface area contributed by atoms with E-state index in [1.165, 1.54) is 19.3 Å². The van der Waals surface area contributed by atoms with E-state index in [9.17, 15) is 5.26 Å². The molecule has 0 aromatic carbocycles. The Morgan fingerprint density at radius 3 is 2.71 bits per heavy atom. The highest BCUT2D eigenvalue weighted by Gasteiger charge is 2.47. The van der Waals surface area contributed by atoms with Crippen molar-refractivity contribution in [3.8, 4) is 6.07 Å². The van der Waals surface area contributed by atoms with Crippen LogP contribution in [0.5, 0.6) is 0 Å². The fourth-order valence-corrected chi connectivity index (χ4v) is 3.47. The predicted molar refractivity (Wildman–Crippen MR) is 85.0 cm³/mol. The van der Waals surface area contributed by atoms with Gasteiger partial charge in [-0.05, 0) is 58.4 Å². The van der Waals surface area contributed by atoms with Crippen molar-refractivity contribution in [1.82, 2.24) is 10.2 Å². The maximum Gasteiger partial charge on any atom is 0.122 e.